The van der Waals surface area contributed by atoms with Gasteiger partial charge in [0, 0.05) is 17.3 Å². The molecule has 0 fully saturated rings. The van der Waals surface area contributed by atoms with Crippen LogP contribution in [0.3, 0.4) is 0 Å². The van der Waals surface area contributed by atoms with Crippen LogP contribution in [0, 0.1) is 5.82 Å². The Morgan fingerprint density at radius 1 is 1.03 bits per heavy atom. The van der Waals surface area contributed by atoms with Gasteiger partial charge in [0.25, 0.3) is 5.91 Å². The van der Waals surface area contributed by atoms with Crippen LogP contribution in [-0.4, -0.2) is 30.7 Å². The Kier molecular flexibility index (Phi) is 7.81. The van der Waals surface area contributed by atoms with Crippen molar-refractivity contribution in [3.05, 3.63) is 82.1 Å². The lowest BCUT2D eigenvalue weighted by molar-refractivity contribution is -0.136. The van der Waals surface area contributed by atoms with Crippen LogP contribution in [0.2, 0.25) is 10.0 Å². The third-order valence-electron chi connectivity index (χ3n) is 4.77. The largest absolute Gasteiger partial charge is 0.480 e. The second-order valence-corrected chi connectivity index (χ2v) is 10.0. The Morgan fingerprint density at radius 2 is 1.71 bits per heavy atom. The summed E-state index contributed by atoms with van der Waals surface area (Å²) < 4.78 is 44.9. The molecular formula is C23H18Cl2FNO6S. The molecule has 2 N–H and O–H groups in total. The van der Waals surface area contributed by atoms with Crippen LogP contribution < -0.4 is 10.1 Å². The van der Waals surface area contributed by atoms with Crippen LogP contribution in [0.5, 0.6) is 11.5 Å². The fraction of sp³-hybridized carbons (Fsp3) is 0.130. The van der Waals surface area contributed by atoms with Gasteiger partial charge in [0.05, 0.1) is 14.9 Å². The lowest BCUT2D eigenvalue weighted by Crippen LogP contribution is -2.29. The van der Waals surface area contributed by atoms with Gasteiger partial charge in [-0.05, 0) is 61.0 Å². The number of sulfone groups is 1. The molecule has 0 aliphatic heterocycles. The molecule has 0 heterocycles. The Hall–Kier alpha value is -3.14. The molecule has 3 aromatic rings. The maximum Gasteiger partial charge on any atom is 0.322 e. The summed E-state index contributed by atoms with van der Waals surface area (Å²) in [4.78, 5) is 23.4. The number of carbonyl (C=O) groups is 2. The average molecular weight is 526 g/mol. The molecule has 34 heavy (non-hydrogen) atoms. The summed E-state index contributed by atoms with van der Waals surface area (Å²) in [5.41, 5.74) is 0.403. The van der Waals surface area contributed by atoms with Crippen molar-refractivity contribution in [3.63, 3.8) is 0 Å². The monoisotopic (exact) mass is 525 g/mol. The van der Waals surface area contributed by atoms with Gasteiger partial charge in [-0.1, -0.05) is 30.1 Å². The van der Waals surface area contributed by atoms with Crippen LogP contribution in [0.4, 0.5) is 10.1 Å². The number of hydrogen-bond acceptors (Lipinski definition) is 5. The number of hydrogen-bond donors (Lipinski definition) is 2. The van der Waals surface area contributed by atoms with Gasteiger partial charge in [-0.25, -0.2) is 12.8 Å². The van der Waals surface area contributed by atoms with Crippen LogP contribution in [0.1, 0.15) is 23.7 Å². The molecule has 1 atom stereocenters. The van der Waals surface area contributed by atoms with Gasteiger partial charge in [0.2, 0.25) is 0 Å². The highest BCUT2D eigenvalue weighted by Crippen LogP contribution is 2.29. The lowest BCUT2D eigenvalue weighted by atomic mass is 10.2. The Labute approximate surface area is 205 Å². The molecule has 1 unspecified atom stereocenters. The maximum absolute atomic E-state index is 14.5. The first-order valence-electron chi connectivity index (χ1n) is 9.83. The van der Waals surface area contributed by atoms with E-state index in [1.54, 1.807) is 0 Å². The molecular weight excluding hydrogens is 508 g/mol. The summed E-state index contributed by atoms with van der Waals surface area (Å²) in [5, 5.41) is 10.6. The number of carbonyl (C=O) groups excluding carboxylic acids is 1. The molecule has 0 spiro atoms. The molecule has 0 aliphatic carbocycles. The standard InChI is InChI=1S/C23H18Cl2FNO6S/c1-2-21(23(29)30)34(31,32)16-7-5-15(6-8-16)33-20-10-4-14(12-19(20)26)27-22(28)13-3-9-17(24)18(25)11-13/h3-12,21H,2H2,1H3,(H,27,28)(H,29,30). The summed E-state index contributed by atoms with van der Waals surface area (Å²) >= 11 is 11.7. The Balaban J connectivity index is 1.72. The van der Waals surface area contributed by atoms with E-state index in [1.807, 2.05) is 0 Å². The predicted octanol–water partition coefficient (Wildman–Crippen LogP) is 5.81. The molecule has 3 rings (SSSR count). The van der Waals surface area contributed by atoms with E-state index in [0.717, 1.165) is 6.07 Å². The minimum absolute atomic E-state index is 0.0882. The molecule has 1 amide bonds. The first-order valence-corrected chi connectivity index (χ1v) is 12.1. The van der Waals surface area contributed by atoms with Gasteiger partial charge in [-0.2, -0.15) is 0 Å². The highest BCUT2D eigenvalue weighted by atomic mass is 35.5. The normalized spacial score (nSPS) is 12.1. The summed E-state index contributed by atoms with van der Waals surface area (Å²) in [6, 6.07) is 13.1. The van der Waals surface area contributed by atoms with Crippen molar-refractivity contribution >= 4 is 50.6 Å². The average Bonchev–Trinajstić information content (AvgIpc) is 2.78. The molecule has 0 bridgehead atoms. The molecule has 0 saturated heterocycles. The molecule has 3 aromatic carbocycles. The van der Waals surface area contributed by atoms with Crippen LogP contribution in [0.15, 0.2) is 65.6 Å². The highest BCUT2D eigenvalue weighted by molar-refractivity contribution is 7.92. The van der Waals surface area contributed by atoms with Crippen molar-refractivity contribution in [1.82, 2.24) is 0 Å². The van der Waals surface area contributed by atoms with Gasteiger partial charge in [-0.3, -0.25) is 9.59 Å². The fourth-order valence-corrected chi connectivity index (χ4v) is 4.86. The highest BCUT2D eigenvalue weighted by Gasteiger charge is 2.32. The zero-order chi connectivity index (χ0) is 25.0. The number of carboxylic acids is 1. The third-order valence-corrected chi connectivity index (χ3v) is 7.72. The van der Waals surface area contributed by atoms with Crippen molar-refractivity contribution in [1.29, 1.82) is 0 Å². The number of nitrogens with one attached hydrogen (secondary N) is 1. The summed E-state index contributed by atoms with van der Waals surface area (Å²) in [7, 11) is -4.08. The second kappa shape index (κ2) is 10.4. The number of benzene rings is 3. The Bertz CT molecular complexity index is 1350. The summed E-state index contributed by atoms with van der Waals surface area (Å²) in [6.07, 6.45) is -0.0882. The van der Waals surface area contributed by atoms with E-state index < -0.39 is 32.8 Å². The molecule has 0 aromatic heterocycles. The molecule has 178 valence electrons. The van der Waals surface area contributed by atoms with Crippen molar-refractivity contribution in [2.75, 3.05) is 5.32 Å². The van der Waals surface area contributed by atoms with Crippen LogP contribution in [-0.2, 0) is 14.6 Å². The van der Waals surface area contributed by atoms with Crippen molar-refractivity contribution in [3.8, 4) is 11.5 Å². The molecule has 11 heteroatoms. The maximum atomic E-state index is 14.5. The first-order chi connectivity index (χ1) is 16.0. The quantitative estimate of drug-likeness (QED) is 0.383. The van der Waals surface area contributed by atoms with E-state index in [-0.39, 0.29) is 39.1 Å². The van der Waals surface area contributed by atoms with E-state index in [0.29, 0.717) is 5.02 Å². The van der Waals surface area contributed by atoms with Crippen LogP contribution >= 0.6 is 23.2 Å². The van der Waals surface area contributed by atoms with Crippen LogP contribution in [0.25, 0.3) is 0 Å². The smallest absolute Gasteiger partial charge is 0.322 e. The number of ether oxygens (including phenoxy) is 1. The summed E-state index contributed by atoms with van der Waals surface area (Å²) in [6.45, 7) is 1.47. The summed E-state index contributed by atoms with van der Waals surface area (Å²) in [5.74, 6) is -2.76. The zero-order valence-corrected chi connectivity index (χ0v) is 19.9. The second-order valence-electron chi connectivity index (χ2n) is 7.08. The van der Waals surface area contributed by atoms with E-state index in [9.17, 15) is 22.4 Å². The molecule has 7 nitrogen and oxygen atoms in total. The number of halogens is 3. The van der Waals surface area contributed by atoms with Gasteiger partial charge >= 0.3 is 5.97 Å². The number of rotatable bonds is 8. The fourth-order valence-electron chi connectivity index (χ4n) is 3.02. The van der Waals surface area contributed by atoms with Crippen molar-refractivity contribution in [2.45, 2.75) is 23.5 Å². The predicted molar refractivity (Wildman–Crippen MR) is 126 cm³/mol. The van der Waals surface area contributed by atoms with E-state index in [1.165, 1.54) is 61.5 Å². The number of aliphatic carboxylic acids is 1. The molecule has 0 saturated carbocycles. The van der Waals surface area contributed by atoms with Crippen molar-refractivity contribution in [2.24, 2.45) is 0 Å². The number of amides is 1. The molecule has 0 radical (unpaired) electrons. The third kappa shape index (κ3) is 5.67. The van der Waals surface area contributed by atoms with E-state index >= 15 is 0 Å². The molecule has 0 aliphatic rings. The Morgan fingerprint density at radius 3 is 2.26 bits per heavy atom. The lowest BCUT2D eigenvalue weighted by Gasteiger charge is -2.13. The minimum atomic E-state index is -4.08. The first kappa shape index (κ1) is 25.5. The van der Waals surface area contributed by atoms with Gasteiger partial charge in [0.15, 0.2) is 26.7 Å². The van der Waals surface area contributed by atoms with E-state index in [2.05, 4.69) is 5.32 Å². The topological polar surface area (TPSA) is 110 Å². The van der Waals surface area contributed by atoms with Gasteiger partial charge in [-0.15, -0.1) is 0 Å². The number of anilines is 1. The SMILES string of the molecule is CCC(C(=O)O)S(=O)(=O)c1ccc(Oc2ccc(NC(=O)c3ccc(Cl)c(Cl)c3)cc2F)cc1. The zero-order valence-electron chi connectivity index (χ0n) is 17.6. The number of carboxylic acid groups (broad SMARTS) is 1. The van der Waals surface area contributed by atoms with Crippen molar-refractivity contribution < 1.29 is 32.2 Å². The van der Waals surface area contributed by atoms with E-state index in [4.69, 9.17) is 33.0 Å². The minimum Gasteiger partial charge on any atom is -0.480 e. The van der Waals surface area contributed by atoms with Gasteiger partial charge in [0.1, 0.15) is 5.75 Å². The van der Waals surface area contributed by atoms with Gasteiger partial charge < -0.3 is 15.2 Å².